The topological polar surface area (TPSA) is 80.8 Å². The second-order valence-corrected chi connectivity index (χ2v) is 9.32. The first-order chi connectivity index (χ1) is 16.3. The van der Waals surface area contributed by atoms with Gasteiger partial charge in [0.25, 0.3) is 0 Å². The number of nitrogens with zero attached hydrogens (tertiary/aromatic N) is 1. The van der Waals surface area contributed by atoms with E-state index in [4.69, 9.17) is 16.3 Å². The van der Waals surface area contributed by atoms with Gasteiger partial charge in [-0.05, 0) is 30.7 Å². The van der Waals surface area contributed by atoms with E-state index in [1.165, 1.54) is 6.07 Å². The Morgan fingerprint density at radius 2 is 1.47 bits per heavy atom. The van der Waals surface area contributed by atoms with E-state index in [0.29, 0.717) is 16.3 Å². The molecule has 3 aliphatic rings. The lowest BCUT2D eigenvalue weighted by atomic mass is 9.77. The van der Waals surface area contributed by atoms with Crippen LogP contribution in [0.4, 0.5) is 5.69 Å². The SMILES string of the molecule is Cc1ccc([C@@H]2OC3(C(=O)c4ccccc4C3=O)[C@H]3C(=O)N(c4cccc(Cl)c4)C(=O)[C@@H]23)cc1. The molecule has 3 atom stereocenters. The number of rotatable bonds is 2. The number of aryl methyl sites for hydroxylation is 1. The van der Waals surface area contributed by atoms with Gasteiger partial charge in [-0.1, -0.05) is 71.8 Å². The van der Waals surface area contributed by atoms with Crippen LogP contribution in [0.2, 0.25) is 5.02 Å². The van der Waals surface area contributed by atoms with Gasteiger partial charge in [0, 0.05) is 16.1 Å². The normalized spacial score (nSPS) is 24.8. The second kappa shape index (κ2) is 7.19. The van der Waals surface area contributed by atoms with Gasteiger partial charge in [0.1, 0.15) is 0 Å². The van der Waals surface area contributed by atoms with Crippen LogP contribution in [-0.2, 0) is 14.3 Å². The Morgan fingerprint density at radius 1 is 0.824 bits per heavy atom. The number of halogens is 1. The number of imide groups is 1. The third-order valence-corrected chi connectivity index (χ3v) is 7.23. The molecule has 2 amide bonds. The highest BCUT2D eigenvalue weighted by Gasteiger charge is 2.74. The predicted octanol–water partition coefficient (Wildman–Crippen LogP) is 4.34. The molecule has 34 heavy (non-hydrogen) atoms. The maximum Gasteiger partial charge on any atom is 0.241 e. The molecule has 6 nitrogen and oxygen atoms in total. The molecule has 0 N–H and O–H groups in total. The van der Waals surface area contributed by atoms with Gasteiger partial charge in [0.05, 0.1) is 23.6 Å². The molecule has 0 radical (unpaired) electrons. The van der Waals surface area contributed by atoms with Crippen molar-refractivity contribution in [3.63, 3.8) is 0 Å². The highest BCUT2D eigenvalue weighted by Crippen LogP contribution is 2.57. The fraction of sp³-hybridized carbons (Fsp3) is 0.185. The van der Waals surface area contributed by atoms with Gasteiger partial charge in [0.15, 0.2) is 0 Å². The zero-order chi connectivity index (χ0) is 23.8. The highest BCUT2D eigenvalue weighted by atomic mass is 35.5. The third kappa shape index (κ3) is 2.61. The molecule has 2 saturated heterocycles. The quantitative estimate of drug-likeness (QED) is 0.410. The minimum absolute atomic E-state index is 0.206. The summed E-state index contributed by atoms with van der Waals surface area (Å²) >= 11 is 6.12. The van der Waals surface area contributed by atoms with E-state index in [9.17, 15) is 19.2 Å². The monoisotopic (exact) mass is 471 g/mol. The lowest BCUT2D eigenvalue weighted by Gasteiger charge is -2.27. The maximum atomic E-state index is 13.8. The minimum Gasteiger partial charge on any atom is -0.349 e. The summed E-state index contributed by atoms with van der Waals surface area (Å²) in [5, 5.41) is 0.358. The average molecular weight is 472 g/mol. The predicted molar refractivity (Wildman–Crippen MR) is 124 cm³/mol. The number of hydrogen-bond acceptors (Lipinski definition) is 5. The molecule has 3 aromatic carbocycles. The number of ether oxygens (including phenoxy) is 1. The van der Waals surface area contributed by atoms with Crippen molar-refractivity contribution in [2.45, 2.75) is 18.6 Å². The number of Topliss-reactive ketones (excluding diaryl/α,β-unsaturated/α-hetero) is 2. The molecule has 0 saturated carbocycles. The number of ketones is 2. The van der Waals surface area contributed by atoms with E-state index in [1.807, 2.05) is 19.1 Å². The van der Waals surface area contributed by atoms with E-state index in [2.05, 4.69) is 0 Å². The summed E-state index contributed by atoms with van der Waals surface area (Å²) in [6.45, 7) is 1.93. The van der Waals surface area contributed by atoms with Gasteiger partial charge in [-0.15, -0.1) is 0 Å². The zero-order valence-corrected chi connectivity index (χ0v) is 18.8. The summed E-state index contributed by atoms with van der Waals surface area (Å²) in [6, 6.07) is 20.1. The molecule has 168 valence electrons. The lowest BCUT2D eigenvalue weighted by Crippen LogP contribution is -2.51. The molecule has 7 heteroatoms. The maximum absolute atomic E-state index is 13.8. The highest BCUT2D eigenvalue weighted by molar-refractivity contribution is 6.37. The molecule has 0 bridgehead atoms. The molecule has 2 aliphatic heterocycles. The largest absolute Gasteiger partial charge is 0.349 e. The van der Waals surface area contributed by atoms with Crippen LogP contribution in [-0.4, -0.2) is 29.0 Å². The van der Waals surface area contributed by atoms with Crippen LogP contribution in [0.3, 0.4) is 0 Å². The minimum atomic E-state index is -2.08. The van der Waals surface area contributed by atoms with E-state index >= 15 is 0 Å². The van der Waals surface area contributed by atoms with Gasteiger partial charge >= 0.3 is 0 Å². The molecular formula is C27H18ClNO5. The Bertz CT molecular complexity index is 1380. The van der Waals surface area contributed by atoms with E-state index in [1.54, 1.807) is 54.6 Å². The Balaban J connectivity index is 1.55. The van der Waals surface area contributed by atoms with Crippen LogP contribution in [0.1, 0.15) is 37.9 Å². The Labute approximate surface area is 200 Å². The first-order valence-electron chi connectivity index (χ1n) is 10.9. The van der Waals surface area contributed by atoms with Crippen molar-refractivity contribution in [2.24, 2.45) is 11.8 Å². The van der Waals surface area contributed by atoms with Crippen LogP contribution in [0, 0.1) is 18.8 Å². The van der Waals surface area contributed by atoms with E-state index < -0.39 is 46.9 Å². The third-order valence-electron chi connectivity index (χ3n) is 6.99. The zero-order valence-electron chi connectivity index (χ0n) is 18.0. The number of carbonyl (C=O) groups is 4. The standard InChI is InChI=1S/C27H18ClNO5/c1-14-9-11-15(12-10-14)22-20-21(26(33)29(25(20)32)17-6-4-5-16(28)13-17)27(34-22)23(30)18-7-2-3-8-19(18)24(27)31/h2-13,20-22H,1H3/t20-,21-,22+/m1/s1. The molecule has 3 aromatic rings. The average Bonchev–Trinajstić information content (AvgIpc) is 3.40. The molecule has 2 heterocycles. The number of fused-ring (bicyclic) bond motifs is 3. The summed E-state index contributed by atoms with van der Waals surface area (Å²) in [6.07, 6.45) is -0.937. The summed E-state index contributed by atoms with van der Waals surface area (Å²) in [7, 11) is 0. The number of carbonyl (C=O) groups excluding carboxylic acids is 4. The van der Waals surface area contributed by atoms with Gasteiger partial charge in [-0.25, -0.2) is 4.90 Å². The molecule has 2 fully saturated rings. The van der Waals surface area contributed by atoms with Crippen LogP contribution in [0.25, 0.3) is 0 Å². The summed E-state index contributed by atoms with van der Waals surface area (Å²) in [5.41, 5.74) is 0.259. The molecule has 0 unspecified atom stereocenters. The van der Waals surface area contributed by atoms with Crippen LogP contribution in [0.5, 0.6) is 0 Å². The molecule has 1 spiro atoms. The van der Waals surface area contributed by atoms with Gasteiger partial charge in [-0.2, -0.15) is 0 Å². The van der Waals surface area contributed by atoms with Gasteiger partial charge < -0.3 is 4.74 Å². The van der Waals surface area contributed by atoms with Crippen molar-refractivity contribution < 1.29 is 23.9 Å². The number of benzene rings is 3. The van der Waals surface area contributed by atoms with Gasteiger partial charge in [-0.3, -0.25) is 19.2 Å². The number of amides is 2. The van der Waals surface area contributed by atoms with Crippen LogP contribution in [0.15, 0.2) is 72.8 Å². The van der Waals surface area contributed by atoms with Crippen molar-refractivity contribution >= 4 is 40.7 Å². The first-order valence-corrected chi connectivity index (χ1v) is 11.3. The summed E-state index contributed by atoms with van der Waals surface area (Å²) < 4.78 is 6.27. The molecular weight excluding hydrogens is 454 g/mol. The van der Waals surface area contributed by atoms with E-state index in [0.717, 1.165) is 10.5 Å². The number of anilines is 1. The Kier molecular flexibility index (Phi) is 4.43. The molecule has 1 aliphatic carbocycles. The fourth-order valence-corrected chi connectivity index (χ4v) is 5.63. The van der Waals surface area contributed by atoms with Crippen LogP contribution >= 0.6 is 11.6 Å². The Morgan fingerprint density at radius 3 is 2.09 bits per heavy atom. The smallest absolute Gasteiger partial charge is 0.241 e. The second-order valence-electron chi connectivity index (χ2n) is 8.88. The molecule has 6 rings (SSSR count). The fourth-order valence-electron chi connectivity index (χ4n) is 5.44. The number of hydrogen-bond donors (Lipinski definition) is 0. The van der Waals surface area contributed by atoms with Gasteiger partial charge in [0.2, 0.25) is 29.0 Å². The van der Waals surface area contributed by atoms with Crippen molar-refractivity contribution in [3.05, 3.63) is 100 Å². The lowest BCUT2D eigenvalue weighted by molar-refractivity contribution is -0.127. The summed E-state index contributed by atoms with van der Waals surface area (Å²) in [4.78, 5) is 56.0. The van der Waals surface area contributed by atoms with Crippen molar-refractivity contribution in [2.75, 3.05) is 4.90 Å². The van der Waals surface area contributed by atoms with E-state index in [-0.39, 0.29) is 11.1 Å². The summed E-state index contributed by atoms with van der Waals surface area (Å²) in [5.74, 6) is -4.62. The molecule has 0 aromatic heterocycles. The van der Waals surface area contributed by atoms with Crippen LogP contribution < -0.4 is 4.90 Å². The Hall–Kier alpha value is -3.61. The van der Waals surface area contributed by atoms with Crippen molar-refractivity contribution in [1.29, 1.82) is 0 Å². The first kappa shape index (κ1) is 21.0. The van der Waals surface area contributed by atoms with Crippen molar-refractivity contribution in [1.82, 2.24) is 0 Å². The van der Waals surface area contributed by atoms with Crippen molar-refractivity contribution in [3.8, 4) is 0 Å².